The van der Waals surface area contributed by atoms with Crippen molar-refractivity contribution < 1.29 is 19.4 Å². The fourth-order valence-electron chi connectivity index (χ4n) is 3.01. The van der Waals surface area contributed by atoms with Gasteiger partial charge in [0.05, 0.1) is 19.3 Å². The SMILES string of the molecule is O=C(Nc1cccc(COCCOc2ccccc2)c1)N1CCC[C@@H](O)C1. The fourth-order valence-corrected chi connectivity index (χ4v) is 3.01. The summed E-state index contributed by atoms with van der Waals surface area (Å²) < 4.78 is 11.2. The molecule has 2 aromatic carbocycles. The number of benzene rings is 2. The van der Waals surface area contributed by atoms with Gasteiger partial charge >= 0.3 is 6.03 Å². The van der Waals surface area contributed by atoms with Crippen LogP contribution >= 0.6 is 0 Å². The summed E-state index contributed by atoms with van der Waals surface area (Å²) in [5, 5.41) is 12.6. The molecule has 2 N–H and O–H groups in total. The van der Waals surface area contributed by atoms with Gasteiger partial charge in [0.2, 0.25) is 0 Å². The number of β-amino-alcohol motifs (C(OH)–C–C–N with tert-alkyl or cyclic N) is 1. The molecule has 1 fully saturated rings. The van der Waals surface area contributed by atoms with Crippen LogP contribution in [0.15, 0.2) is 54.6 Å². The van der Waals surface area contributed by atoms with Crippen LogP contribution in [0.1, 0.15) is 18.4 Å². The van der Waals surface area contributed by atoms with E-state index in [1.54, 1.807) is 4.90 Å². The number of likely N-dealkylation sites (tertiary alicyclic amines) is 1. The second-order valence-corrected chi connectivity index (χ2v) is 6.59. The molecule has 1 saturated heterocycles. The van der Waals surface area contributed by atoms with Crippen molar-refractivity contribution in [3.63, 3.8) is 0 Å². The average Bonchev–Trinajstić information content (AvgIpc) is 2.69. The average molecular weight is 370 g/mol. The number of anilines is 1. The zero-order valence-corrected chi connectivity index (χ0v) is 15.3. The Morgan fingerprint density at radius 3 is 2.81 bits per heavy atom. The van der Waals surface area contributed by atoms with Gasteiger partial charge in [0, 0.05) is 18.8 Å². The number of amides is 2. The molecule has 1 heterocycles. The van der Waals surface area contributed by atoms with Gasteiger partial charge in [0.25, 0.3) is 0 Å². The van der Waals surface area contributed by atoms with Crippen LogP contribution in [-0.4, -0.2) is 48.4 Å². The van der Waals surface area contributed by atoms with E-state index in [-0.39, 0.29) is 6.03 Å². The predicted molar refractivity (Wildman–Crippen MR) is 104 cm³/mol. The van der Waals surface area contributed by atoms with Crippen molar-refractivity contribution >= 4 is 11.7 Å². The molecule has 0 spiro atoms. The molecule has 1 atom stereocenters. The highest BCUT2D eigenvalue weighted by molar-refractivity contribution is 5.89. The normalized spacial score (nSPS) is 16.8. The second-order valence-electron chi connectivity index (χ2n) is 6.59. The van der Waals surface area contributed by atoms with E-state index in [1.165, 1.54) is 0 Å². The van der Waals surface area contributed by atoms with Gasteiger partial charge in [-0.15, -0.1) is 0 Å². The Balaban J connectivity index is 1.41. The van der Waals surface area contributed by atoms with Gasteiger partial charge in [-0.3, -0.25) is 0 Å². The topological polar surface area (TPSA) is 71.0 Å². The van der Waals surface area contributed by atoms with E-state index in [1.807, 2.05) is 54.6 Å². The minimum absolute atomic E-state index is 0.178. The monoisotopic (exact) mass is 370 g/mol. The molecule has 0 radical (unpaired) electrons. The number of rotatable bonds is 7. The van der Waals surface area contributed by atoms with E-state index in [0.717, 1.165) is 29.8 Å². The van der Waals surface area contributed by atoms with E-state index in [4.69, 9.17) is 9.47 Å². The molecule has 2 aromatic rings. The van der Waals surface area contributed by atoms with Crippen LogP contribution in [0.5, 0.6) is 5.75 Å². The molecule has 1 aliphatic rings. The Kier molecular flexibility index (Phi) is 7.07. The summed E-state index contributed by atoms with van der Waals surface area (Å²) in [4.78, 5) is 14.0. The second kappa shape index (κ2) is 9.94. The smallest absolute Gasteiger partial charge is 0.321 e. The zero-order chi connectivity index (χ0) is 18.9. The van der Waals surface area contributed by atoms with Crippen LogP contribution in [0.2, 0.25) is 0 Å². The van der Waals surface area contributed by atoms with Crippen LogP contribution < -0.4 is 10.1 Å². The maximum Gasteiger partial charge on any atom is 0.321 e. The van der Waals surface area contributed by atoms with Crippen LogP contribution in [0.3, 0.4) is 0 Å². The Labute approximate surface area is 159 Å². The standard InChI is InChI=1S/C21H26N2O4/c24-19-8-5-11-23(15-19)21(25)22-18-7-4-6-17(14-18)16-26-12-13-27-20-9-2-1-3-10-20/h1-4,6-7,9-10,14,19,24H,5,8,11-13,15-16H2,(H,22,25)/t19-/m1/s1. The first kappa shape index (κ1) is 19.2. The number of nitrogens with one attached hydrogen (secondary N) is 1. The van der Waals surface area contributed by atoms with Gasteiger partial charge < -0.3 is 24.8 Å². The van der Waals surface area contributed by atoms with Crippen molar-refractivity contribution in [2.75, 3.05) is 31.6 Å². The summed E-state index contributed by atoms with van der Waals surface area (Å²) in [6.07, 6.45) is 1.15. The van der Waals surface area contributed by atoms with E-state index in [2.05, 4.69) is 5.32 Å². The van der Waals surface area contributed by atoms with E-state index in [0.29, 0.717) is 32.9 Å². The lowest BCUT2D eigenvalue weighted by Crippen LogP contribution is -2.44. The number of carbonyl (C=O) groups excluding carboxylic acids is 1. The molecule has 0 aliphatic carbocycles. The predicted octanol–water partition coefficient (Wildman–Crippen LogP) is 3.27. The van der Waals surface area contributed by atoms with Gasteiger partial charge in [-0.25, -0.2) is 4.79 Å². The number of para-hydroxylation sites is 1. The molecule has 27 heavy (non-hydrogen) atoms. The maximum absolute atomic E-state index is 12.3. The van der Waals surface area contributed by atoms with Gasteiger partial charge in [0.15, 0.2) is 0 Å². The van der Waals surface area contributed by atoms with E-state index < -0.39 is 6.10 Å². The molecule has 1 aliphatic heterocycles. The fraction of sp³-hybridized carbons (Fsp3) is 0.381. The minimum Gasteiger partial charge on any atom is -0.491 e. The van der Waals surface area contributed by atoms with Gasteiger partial charge in [0.1, 0.15) is 12.4 Å². The summed E-state index contributed by atoms with van der Waals surface area (Å²) in [7, 11) is 0. The first-order chi connectivity index (χ1) is 13.2. The molecule has 2 amide bonds. The lowest BCUT2D eigenvalue weighted by molar-refractivity contribution is 0.0882. The lowest BCUT2D eigenvalue weighted by Gasteiger charge is -2.30. The number of aliphatic hydroxyl groups excluding tert-OH is 1. The zero-order valence-electron chi connectivity index (χ0n) is 15.3. The molecule has 144 valence electrons. The number of hydrogen-bond donors (Lipinski definition) is 2. The molecule has 3 rings (SSSR count). The van der Waals surface area contributed by atoms with Crippen molar-refractivity contribution in [2.24, 2.45) is 0 Å². The van der Waals surface area contributed by atoms with Crippen LogP contribution in [0, 0.1) is 0 Å². The molecular formula is C21H26N2O4. The third-order valence-electron chi connectivity index (χ3n) is 4.37. The molecule has 6 nitrogen and oxygen atoms in total. The quantitative estimate of drug-likeness (QED) is 0.734. The van der Waals surface area contributed by atoms with Crippen molar-refractivity contribution in [2.45, 2.75) is 25.6 Å². The minimum atomic E-state index is -0.428. The summed E-state index contributed by atoms with van der Waals surface area (Å²) in [5.74, 6) is 0.827. The van der Waals surface area contributed by atoms with Crippen molar-refractivity contribution in [1.29, 1.82) is 0 Å². The molecule has 0 bridgehead atoms. The highest BCUT2D eigenvalue weighted by atomic mass is 16.5. The van der Waals surface area contributed by atoms with Crippen molar-refractivity contribution in [1.82, 2.24) is 4.90 Å². The molecule has 6 heteroatoms. The molecular weight excluding hydrogens is 344 g/mol. The number of carbonyl (C=O) groups is 1. The number of hydrogen-bond acceptors (Lipinski definition) is 4. The summed E-state index contributed by atoms with van der Waals surface area (Å²) in [6, 6.07) is 17.0. The number of piperidine rings is 1. The first-order valence-electron chi connectivity index (χ1n) is 9.29. The van der Waals surface area contributed by atoms with Crippen LogP contribution in [0.4, 0.5) is 10.5 Å². The number of nitrogens with zero attached hydrogens (tertiary/aromatic N) is 1. The van der Waals surface area contributed by atoms with E-state index in [9.17, 15) is 9.90 Å². The third-order valence-corrected chi connectivity index (χ3v) is 4.37. The summed E-state index contributed by atoms with van der Waals surface area (Å²) in [6.45, 7) is 2.47. The molecule has 0 unspecified atom stereocenters. The molecule has 0 aromatic heterocycles. The van der Waals surface area contributed by atoms with Crippen LogP contribution in [-0.2, 0) is 11.3 Å². The van der Waals surface area contributed by atoms with Crippen LogP contribution in [0.25, 0.3) is 0 Å². The number of ether oxygens (including phenoxy) is 2. The van der Waals surface area contributed by atoms with E-state index >= 15 is 0 Å². The highest BCUT2D eigenvalue weighted by Gasteiger charge is 2.21. The Hall–Kier alpha value is -2.57. The lowest BCUT2D eigenvalue weighted by atomic mass is 10.1. The van der Waals surface area contributed by atoms with Gasteiger partial charge in [-0.05, 0) is 42.7 Å². The largest absolute Gasteiger partial charge is 0.491 e. The van der Waals surface area contributed by atoms with Gasteiger partial charge in [-0.1, -0.05) is 30.3 Å². The summed E-state index contributed by atoms with van der Waals surface area (Å²) in [5.41, 5.74) is 1.70. The summed E-state index contributed by atoms with van der Waals surface area (Å²) >= 11 is 0. The number of aliphatic hydroxyl groups is 1. The Morgan fingerprint density at radius 2 is 2.00 bits per heavy atom. The first-order valence-corrected chi connectivity index (χ1v) is 9.29. The van der Waals surface area contributed by atoms with Crippen molar-refractivity contribution in [3.8, 4) is 5.75 Å². The maximum atomic E-state index is 12.3. The number of urea groups is 1. The van der Waals surface area contributed by atoms with Crippen molar-refractivity contribution in [3.05, 3.63) is 60.2 Å². The Bertz CT molecular complexity index is 723. The highest BCUT2D eigenvalue weighted by Crippen LogP contribution is 2.15. The van der Waals surface area contributed by atoms with Gasteiger partial charge in [-0.2, -0.15) is 0 Å². The third kappa shape index (κ3) is 6.27. The Morgan fingerprint density at radius 1 is 1.15 bits per heavy atom. The molecule has 0 saturated carbocycles.